The molecule has 0 rings (SSSR count). The lowest BCUT2D eigenvalue weighted by molar-refractivity contribution is 0.496. The van der Waals surface area contributed by atoms with Crippen molar-refractivity contribution in [3.63, 3.8) is 0 Å². The van der Waals surface area contributed by atoms with Crippen LogP contribution in [0.25, 0.3) is 0 Å². The Labute approximate surface area is 71.0 Å². The fourth-order valence-electron chi connectivity index (χ4n) is 0.984. The topological polar surface area (TPSA) is 0 Å². The molecule has 0 heteroatoms. The average Bonchev–Trinajstić information content (AvgIpc) is 2.04. The van der Waals surface area contributed by atoms with Crippen LogP contribution < -0.4 is 0 Å². The van der Waals surface area contributed by atoms with Crippen molar-refractivity contribution in [2.45, 2.75) is 39.5 Å². The van der Waals surface area contributed by atoms with Gasteiger partial charge in [-0.1, -0.05) is 51.5 Å². The predicted octanol–water partition coefficient (Wildman–Crippen LogP) is 3.95. The lowest BCUT2D eigenvalue weighted by Crippen LogP contribution is -1.91. The Morgan fingerprint density at radius 3 is 2.64 bits per heavy atom. The summed E-state index contributed by atoms with van der Waals surface area (Å²) in [6, 6.07) is 0. The van der Waals surface area contributed by atoms with Gasteiger partial charge in [-0.3, -0.25) is 0 Å². The van der Waals surface area contributed by atoms with E-state index in [1.807, 2.05) is 6.08 Å². The maximum Gasteiger partial charge on any atom is -0.0285 e. The van der Waals surface area contributed by atoms with E-state index < -0.39 is 0 Å². The van der Waals surface area contributed by atoms with Gasteiger partial charge in [0.1, 0.15) is 0 Å². The average molecular weight is 152 g/mol. The highest BCUT2D eigenvalue weighted by atomic mass is 14.0. The summed E-state index contributed by atoms with van der Waals surface area (Å²) in [5.74, 6) is 0.868. The third-order valence-corrected chi connectivity index (χ3v) is 2.18. The van der Waals surface area contributed by atoms with Crippen LogP contribution in [0.1, 0.15) is 39.5 Å². The molecule has 0 nitrogen and oxygen atoms in total. The second-order valence-electron chi connectivity index (χ2n) is 3.27. The molecule has 0 saturated heterocycles. The van der Waals surface area contributed by atoms with E-state index in [1.165, 1.54) is 24.8 Å². The van der Waals surface area contributed by atoms with Crippen molar-refractivity contribution >= 4 is 0 Å². The first kappa shape index (κ1) is 10.5. The first-order valence-electron chi connectivity index (χ1n) is 4.50. The van der Waals surface area contributed by atoms with Crippen LogP contribution in [0.5, 0.6) is 0 Å². The van der Waals surface area contributed by atoms with Gasteiger partial charge in [-0.25, -0.2) is 0 Å². The molecule has 11 heavy (non-hydrogen) atoms. The maximum atomic E-state index is 3.88. The van der Waals surface area contributed by atoms with Gasteiger partial charge in [0, 0.05) is 0 Å². The minimum atomic E-state index is 0.868. The Kier molecular flexibility index (Phi) is 5.91. The second-order valence-corrected chi connectivity index (χ2v) is 3.27. The molecule has 0 fully saturated rings. The summed E-state index contributed by atoms with van der Waals surface area (Å²) >= 11 is 0. The van der Waals surface area contributed by atoms with E-state index in [0.717, 1.165) is 12.3 Å². The van der Waals surface area contributed by atoms with Crippen LogP contribution in [0.3, 0.4) is 0 Å². The van der Waals surface area contributed by atoms with Gasteiger partial charge < -0.3 is 0 Å². The van der Waals surface area contributed by atoms with Crippen LogP contribution in [0.2, 0.25) is 0 Å². The van der Waals surface area contributed by atoms with Crippen molar-refractivity contribution in [3.8, 4) is 0 Å². The molecule has 0 aliphatic heterocycles. The van der Waals surface area contributed by atoms with Crippen molar-refractivity contribution in [1.82, 2.24) is 0 Å². The Balaban J connectivity index is 3.26. The summed E-state index contributed by atoms with van der Waals surface area (Å²) in [6.07, 6.45) is 6.86. The normalized spacial score (nSPS) is 12.5. The van der Waals surface area contributed by atoms with Crippen molar-refractivity contribution in [3.05, 3.63) is 24.8 Å². The maximum absolute atomic E-state index is 3.88. The summed E-state index contributed by atoms with van der Waals surface area (Å²) in [7, 11) is 0. The summed E-state index contributed by atoms with van der Waals surface area (Å²) < 4.78 is 0. The molecule has 0 aromatic heterocycles. The van der Waals surface area contributed by atoms with Crippen LogP contribution in [0.4, 0.5) is 0 Å². The fourth-order valence-corrected chi connectivity index (χ4v) is 0.984. The third-order valence-electron chi connectivity index (χ3n) is 2.18. The summed E-state index contributed by atoms with van der Waals surface area (Å²) in [5.41, 5.74) is 1.17. The predicted molar refractivity (Wildman–Crippen MR) is 52.6 cm³/mol. The molecule has 0 bridgehead atoms. The smallest absolute Gasteiger partial charge is 0.0285 e. The van der Waals surface area contributed by atoms with Crippen molar-refractivity contribution < 1.29 is 0 Å². The summed E-state index contributed by atoms with van der Waals surface area (Å²) in [4.78, 5) is 0. The standard InChI is InChI=1S/C11H20/c1-5-10(3)8-7-9-11(4)6-2/h5,11H,1,3,6-9H2,2,4H3. The number of rotatable bonds is 6. The van der Waals surface area contributed by atoms with Gasteiger partial charge in [0.15, 0.2) is 0 Å². The molecular formula is C11H20. The van der Waals surface area contributed by atoms with Gasteiger partial charge in [0.05, 0.1) is 0 Å². The van der Waals surface area contributed by atoms with Crippen LogP contribution in [-0.2, 0) is 0 Å². The molecule has 0 radical (unpaired) electrons. The quantitative estimate of drug-likeness (QED) is 0.506. The van der Waals surface area contributed by atoms with E-state index >= 15 is 0 Å². The van der Waals surface area contributed by atoms with Crippen molar-refractivity contribution in [1.29, 1.82) is 0 Å². The van der Waals surface area contributed by atoms with E-state index in [-0.39, 0.29) is 0 Å². The van der Waals surface area contributed by atoms with E-state index in [2.05, 4.69) is 27.0 Å². The van der Waals surface area contributed by atoms with E-state index in [1.54, 1.807) is 0 Å². The van der Waals surface area contributed by atoms with E-state index in [9.17, 15) is 0 Å². The molecule has 1 atom stereocenters. The highest BCUT2D eigenvalue weighted by Gasteiger charge is 1.97. The number of hydrogen-bond donors (Lipinski definition) is 0. The Morgan fingerprint density at radius 2 is 2.18 bits per heavy atom. The Hall–Kier alpha value is -0.520. The molecule has 0 spiro atoms. The molecule has 0 amide bonds. The van der Waals surface area contributed by atoms with Crippen LogP contribution in [0.15, 0.2) is 24.8 Å². The van der Waals surface area contributed by atoms with Crippen LogP contribution >= 0.6 is 0 Å². The lowest BCUT2D eigenvalue weighted by Gasteiger charge is -2.06. The Morgan fingerprint density at radius 1 is 1.55 bits per heavy atom. The van der Waals surface area contributed by atoms with E-state index in [0.29, 0.717) is 0 Å². The van der Waals surface area contributed by atoms with Crippen LogP contribution in [0, 0.1) is 5.92 Å². The minimum Gasteiger partial charge on any atom is -0.0988 e. The zero-order chi connectivity index (χ0) is 8.69. The van der Waals surface area contributed by atoms with E-state index in [4.69, 9.17) is 0 Å². The van der Waals surface area contributed by atoms with Crippen LogP contribution in [-0.4, -0.2) is 0 Å². The van der Waals surface area contributed by atoms with Crippen molar-refractivity contribution in [2.75, 3.05) is 0 Å². The van der Waals surface area contributed by atoms with Gasteiger partial charge in [-0.05, 0) is 18.8 Å². The molecule has 0 aliphatic carbocycles. The van der Waals surface area contributed by atoms with Gasteiger partial charge in [0.2, 0.25) is 0 Å². The van der Waals surface area contributed by atoms with Gasteiger partial charge in [-0.2, -0.15) is 0 Å². The molecule has 1 unspecified atom stereocenters. The molecule has 64 valence electrons. The molecule has 0 heterocycles. The third kappa shape index (κ3) is 5.90. The first-order chi connectivity index (χ1) is 5.20. The highest BCUT2D eigenvalue weighted by molar-refractivity contribution is 5.10. The van der Waals surface area contributed by atoms with Gasteiger partial charge >= 0.3 is 0 Å². The van der Waals surface area contributed by atoms with Gasteiger partial charge in [-0.15, -0.1) is 0 Å². The fraction of sp³-hybridized carbons (Fsp3) is 0.636. The second kappa shape index (κ2) is 6.21. The number of allylic oxidation sites excluding steroid dienone is 2. The SMILES string of the molecule is C=CC(=C)CCCC(C)CC. The molecule has 0 aromatic rings. The monoisotopic (exact) mass is 152 g/mol. The molecule has 0 N–H and O–H groups in total. The molecular weight excluding hydrogens is 132 g/mol. The van der Waals surface area contributed by atoms with Gasteiger partial charge in [0.25, 0.3) is 0 Å². The lowest BCUT2D eigenvalue weighted by atomic mass is 10.00. The van der Waals surface area contributed by atoms with Crippen molar-refractivity contribution in [2.24, 2.45) is 5.92 Å². The highest BCUT2D eigenvalue weighted by Crippen LogP contribution is 2.13. The largest absolute Gasteiger partial charge is 0.0988 e. The first-order valence-corrected chi connectivity index (χ1v) is 4.50. The summed E-state index contributed by atoms with van der Waals surface area (Å²) in [6.45, 7) is 12.1. The zero-order valence-electron chi connectivity index (χ0n) is 7.90. The number of hydrogen-bond acceptors (Lipinski definition) is 0. The summed E-state index contributed by atoms with van der Waals surface area (Å²) in [5, 5.41) is 0. The zero-order valence-corrected chi connectivity index (χ0v) is 7.90. The minimum absolute atomic E-state index is 0.868. The molecule has 0 aliphatic rings. The Bertz CT molecular complexity index is 122. The molecule has 0 aromatic carbocycles. The molecule has 0 saturated carbocycles.